The summed E-state index contributed by atoms with van der Waals surface area (Å²) < 4.78 is 7.19. The van der Waals surface area contributed by atoms with Crippen LogP contribution in [0, 0.1) is 11.3 Å². The van der Waals surface area contributed by atoms with Crippen molar-refractivity contribution in [1.82, 2.24) is 15.1 Å². The second-order valence-corrected chi connectivity index (χ2v) is 8.86. The molecule has 0 unspecified atom stereocenters. The van der Waals surface area contributed by atoms with Crippen molar-refractivity contribution in [2.45, 2.75) is 38.6 Å². The Morgan fingerprint density at radius 1 is 1.37 bits per heavy atom. The van der Waals surface area contributed by atoms with Gasteiger partial charge in [-0.3, -0.25) is 14.8 Å². The van der Waals surface area contributed by atoms with Crippen LogP contribution in [0.1, 0.15) is 51.6 Å². The van der Waals surface area contributed by atoms with Gasteiger partial charge < -0.3 is 9.73 Å². The molecule has 3 heterocycles. The molecule has 0 spiro atoms. The van der Waals surface area contributed by atoms with Gasteiger partial charge in [-0.15, -0.1) is 11.3 Å². The fraction of sp³-hybridized carbons (Fsp3) is 0.300. The number of aryl methyl sites for hydroxylation is 1. The predicted molar refractivity (Wildman–Crippen MR) is 119 cm³/mol. The van der Waals surface area contributed by atoms with E-state index >= 15 is 0 Å². The van der Waals surface area contributed by atoms with Crippen LogP contribution in [0.15, 0.2) is 28.9 Å². The summed E-state index contributed by atoms with van der Waals surface area (Å²) in [7, 11) is 0. The number of thiophene rings is 1. The Bertz CT molecular complexity index is 1140. The van der Waals surface area contributed by atoms with E-state index in [1.165, 1.54) is 17.5 Å². The lowest BCUT2D eigenvalue weighted by molar-refractivity contribution is 0.0948. The third-order valence-corrected chi connectivity index (χ3v) is 6.40. The molecule has 2 N–H and O–H groups in total. The second-order valence-electron chi connectivity index (χ2n) is 6.91. The smallest absolute Gasteiger partial charge is 0.293 e. The summed E-state index contributed by atoms with van der Waals surface area (Å²) in [5.41, 5.74) is 1.75. The van der Waals surface area contributed by atoms with Crippen LogP contribution in [0.2, 0.25) is 5.02 Å². The van der Waals surface area contributed by atoms with Crippen molar-refractivity contribution in [2.75, 3.05) is 5.32 Å². The third-order valence-electron chi connectivity index (χ3n) is 4.79. The minimum absolute atomic E-state index is 0.129. The van der Waals surface area contributed by atoms with Crippen molar-refractivity contribution >= 4 is 51.2 Å². The number of carbonyl (C=O) groups excluding carboxylic acids is 1. The van der Waals surface area contributed by atoms with Crippen LogP contribution >= 0.6 is 35.2 Å². The highest BCUT2D eigenvalue weighted by Gasteiger charge is 2.21. The first-order valence-electron chi connectivity index (χ1n) is 9.47. The number of amides is 1. The lowest BCUT2D eigenvalue weighted by Gasteiger charge is -2.07. The van der Waals surface area contributed by atoms with Crippen LogP contribution in [0.4, 0.5) is 5.00 Å². The molecule has 1 aliphatic carbocycles. The number of nitrogens with one attached hydrogen (secondary N) is 2. The summed E-state index contributed by atoms with van der Waals surface area (Å²) in [6.45, 7) is 0.356. The third kappa shape index (κ3) is 4.56. The number of nitriles is 1. The average molecular weight is 460 g/mol. The van der Waals surface area contributed by atoms with Gasteiger partial charge in [0, 0.05) is 11.1 Å². The van der Waals surface area contributed by atoms with E-state index in [1.807, 2.05) is 0 Å². The van der Waals surface area contributed by atoms with Crippen molar-refractivity contribution < 1.29 is 9.21 Å². The maximum Gasteiger partial charge on any atom is 0.293 e. The highest BCUT2D eigenvalue weighted by Crippen LogP contribution is 2.36. The summed E-state index contributed by atoms with van der Waals surface area (Å²) in [5.74, 6) is 0.233. The van der Waals surface area contributed by atoms with E-state index in [-0.39, 0.29) is 10.9 Å². The maximum atomic E-state index is 12.5. The van der Waals surface area contributed by atoms with Gasteiger partial charge in [-0.2, -0.15) is 10.4 Å². The Balaban J connectivity index is 1.40. The number of thiocarbonyl (C=S) groups is 1. The van der Waals surface area contributed by atoms with Gasteiger partial charge in [0.25, 0.3) is 5.91 Å². The molecule has 0 aliphatic heterocycles. The molecule has 4 rings (SSSR count). The van der Waals surface area contributed by atoms with Crippen molar-refractivity contribution in [3.63, 3.8) is 0 Å². The van der Waals surface area contributed by atoms with Crippen LogP contribution < -0.4 is 10.6 Å². The molecule has 3 aromatic heterocycles. The Morgan fingerprint density at radius 3 is 2.97 bits per heavy atom. The highest BCUT2D eigenvalue weighted by atomic mass is 35.5. The van der Waals surface area contributed by atoms with Crippen molar-refractivity contribution in [1.29, 1.82) is 5.26 Å². The Hall–Kier alpha value is -2.67. The molecule has 3 aromatic rings. The van der Waals surface area contributed by atoms with Gasteiger partial charge >= 0.3 is 0 Å². The van der Waals surface area contributed by atoms with E-state index < -0.39 is 5.91 Å². The molecule has 154 valence electrons. The van der Waals surface area contributed by atoms with Crippen LogP contribution in [-0.4, -0.2) is 20.8 Å². The molecule has 0 atom stereocenters. The molecular formula is C20H18ClN5O2S2. The number of fused-ring (bicyclic) bond motifs is 1. The molecule has 7 nitrogen and oxygen atoms in total. The molecule has 0 bridgehead atoms. The largest absolute Gasteiger partial charge is 0.454 e. The Kier molecular flexibility index (Phi) is 6.18. The van der Waals surface area contributed by atoms with Gasteiger partial charge in [-0.05, 0) is 55.6 Å². The standard InChI is InChI=1S/C20H18ClN5O2S2/c21-12-9-23-26(10-12)11-13-6-7-16(28-13)18(27)24-20(29)25-19-15(8-22)14-4-2-1-3-5-17(14)30-19/h6-7,9-10H,1-5,11H2,(H2,24,25,27,29). The number of hydrogen-bond donors (Lipinski definition) is 2. The maximum absolute atomic E-state index is 12.5. The molecule has 1 aliphatic rings. The first-order valence-corrected chi connectivity index (χ1v) is 11.1. The van der Waals surface area contributed by atoms with Crippen LogP contribution in [0.3, 0.4) is 0 Å². The molecule has 0 aromatic carbocycles. The minimum atomic E-state index is -0.464. The zero-order valence-electron chi connectivity index (χ0n) is 15.9. The van der Waals surface area contributed by atoms with Crippen molar-refractivity contribution in [3.8, 4) is 6.07 Å². The topological polar surface area (TPSA) is 95.9 Å². The fourth-order valence-corrected chi connectivity index (χ4v) is 5.08. The van der Waals surface area contributed by atoms with Gasteiger partial charge in [-0.1, -0.05) is 18.0 Å². The zero-order valence-corrected chi connectivity index (χ0v) is 18.3. The summed E-state index contributed by atoms with van der Waals surface area (Å²) in [4.78, 5) is 13.7. The number of carbonyl (C=O) groups is 1. The molecule has 1 amide bonds. The first-order chi connectivity index (χ1) is 14.5. The van der Waals surface area contributed by atoms with E-state index in [2.05, 4.69) is 21.8 Å². The Morgan fingerprint density at radius 2 is 2.20 bits per heavy atom. The van der Waals surface area contributed by atoms with Crippen molar-refractivity contribution in [2.24, 2.45) is 0 Å². The predicted octanol–water partition coefficient (Wildman–Crippen LogP) is 4.51. The van der Waals surface area contributed by atoms with Gasteiger partial charge in [0.2, 0.25) is 0 Å². The normalized spacial score (nSPS) is 13.2. The van der Waals surface area contributed by atoms with Gasteiger partial charge in [0.05, 0.1) is 23.3 Å². The summed E-state index contributed by atoms with van der Waals surface area (Å²) in [5, 5.41) is 20.7. The summed E-state index contributed by atoms with van der Waals surface area (Å²) >= 11 is 12.7. The molecule has 0 saturated heterocycles. The molecule has 0 saturated carbocycles. The van der Waals surface area contributed by atoms with Gasteiger partial charge in [-0.25, -0.2) is 0 Å². The first kappa shape index (κ1) is 20.6. The number of nitrogens with zero attached hydrogens (tertiary/aromatic N) is 3. The average Bonchev–Trinajstić information content (AvgIpc) is 3.38. The van der Waals surface area contributed by atoms with Crippen molar-refractivity contribution in [3.05, 3.63) is 57.1 Å². The fourth-order valence-electron chi connectivity index (χ4n) is 3.42. The quantitative estimate of drug-likeness (QED) is 0.440. The monoisotopic (exact) mass is 459 g/mol. The highest BCUT2D eigenvalue weighted by molar-refractivity contribution is 7.80. The number of aromatic nitrogens is 2. The molecule has 30 heavy (non-hydrogen) atoms. The van der Waals surface area contributed by atoms with Crippen LogP contribution in [-0.2, 0) is 19.4 Å². The summed E-state index contributed by atoms with van der Waals surface area (Å²) in [6, 6.07) is 5.56. The minimum Gasteiger partial charge on any atom is -0.454 e. The van der Waals surface area contributed by atoms with Crippen LogP contribution in [0.25, 0.3) is 0 Å². The van der Waals surface area contributed by atoms with Gasteiger partial charge in [0.15, 0.2) is 10.9 Å². The SMILES string of the molecule is N#Cc1c(NC(=S)NC(=O)c2ccc(Cn3cc(Cl)cn3)o2)sc2c1CCCCC2. The van der Waals surface area contributed by atoms with E-state index in [1.54, 1.807) is 34.3 Å². The lowest BCUT2D eigenvalue weighted by Crippen LogP contribution is -2.33. The van der Waals surface area contributed by atoms with E-state index in [9.17, 15) is 10.1 Å². The van der Waals surface area contributed by atoms with E-state index in [4.69, 9.17) is 28.2 Å². The number of halogens is 1. The van der Waals surface area contributed by atoms with Crippen LogP contribution in [0.5, 0.6) is 0 Å². The summed E-state index contributed by atoms with van der Waals surface area (Å²) in [6.07, 6.45) is 8.48. The Labute approximate surface area is 187 Å². The lowest BCUT2D eigenvalue weighted by atomic mass is 10.1. The van der Waals surface area contributed by atoms with E-state index in [0.717, 1.165) is 31.2 Å². The molecule has 0 fully saturated rings. The number of furan rings is 1. The number of rotatable bonds is 4. The number of anilines is 1. The molecular weight excluding hydrogens is 442 g/mol. The number of hydrogen-bond acceptors (Lipinski definition) is 6. The van der Waals surface area contributed by atoms with E-state index in [0.29, 0.717) is 27.9 Å². The molecule has 0 radical (unpaired) electrons. The van der Waals surface area contributed by atoms with Gasteiger partial charge in [0.1, 0.15) is 16.8 Å². The molecule has 10 heteroatoms. The zero-order chi connectivity index (χ0) is 21.1. The second kappa shape index (κ2) is 9.00.